The Morgan fingerprint density at radius 3 is 1.39 bits per heavy atom. The molecule has 57 heavy (non-hydrogen) atoms. The second-order valence-corrected chi connectivity index (χ2v) is 13.1. The largest absolute Gasteiger partial charge is 0.420 e. The SMILES string of the molecule is CC(=O)N(O)CCCCCCC(=O)CCC(=O)N(O)CCCCCNC(=O)CCC(=O)N(O)CCCCCNC(=O)CCC(=O)Oc1c(F)c(F)c(F)c(F)c1F. The van der Waals surface area contributed by atoms with Gasteiger partial charge in [0.05, 0.1) is 6.42 Å². The summed E-state index contributed by atoms with van der Waals surface area (Å²) in [6.45, 7) is 1.92. The Balaban J connectivity index is 2.07. The molecule has 5 amide bonds. The minimum Gasteiger partial charge on any atom is -0.420 e. The molecule has 5 N–H and O–H groups in total. The van der Waals surface area contributed by atoms with E-state index in [9.17, 15) is 71.1 Å². The number of rotatable bonds is 29. The number of hydrogen-bond donors (Lipinski definition) is 5. The number of hydroxylamine groups is 6. The normalized spacial score (nSPS) is 10.8. The van der Waals surface area contributed by atoms with Crippen LogP contribution in [-0.4, -0.2) is 105 Å². The number of ether oxygens (including phenoxy) is 1. The summed E-state index contributed by atoms with van der Waals surface area (Å²) in [6, 6.07) is 0. The van der Waals surface area contributed by atoms with Gasteiger partial charge in [0.15, 0.2) is 0 Å². The minimum atomic E-state index is -2.42. The number of esters is 1. The van der Waals surface area contributed by atoms with Gasteiger partial charge in [-0.05, 0) is 51.4 Å². The van der Waals surface area contributed by atoms with Gasteiger partial charge < -0.3 is 15.4 Å². The lowest BCUT2D eigenvalue weighted by Crippen LogP contribution is -2.31. The zero-order valence-electron chi connectivity index (χ0n) is 31.9. The molecule has 0 saturated heterocycles. The summed E-state index contributed by atoms with van der Waals surface area (Å²) in [6.07, 6.45) is 4.03. The molecule has 0 aromatic heterocycles. The van der Waals surface area contributed by atoms with Crippen molar-refractivity contribution in [1.29, 1.82) is 0 Å². The highest BCUT2D eigenvalue weighted by molar-refractivity contribution is 5.85. The number of Topliss-reactive ketones (excluding diaryl/α,β-unsaturated/α-hetero) is 1. The van der Waals surface area contributed by atoms with Crippen LogP contribution in [0.2, 0.25) is 0 Å². The summed E-state index contributed by atoms with van der Waals surface area (Å²) in [4.78, 5) is 82.9. The van der Waals surface area contributed by atoms with Crippen molar-refractivity contribution in [3.63, 3.8) is 0 Å². The highest BCUT2D eigenvalue weighted by atomic mass is 19.2. The number of unbranched alkanes of at least 4 members (excludes halogenated alkanes) is 7. The molecular formula is C36H52F5N5O11. The maximum absolute atomic E-state index is 13.6. The number of halogens is 5. The van der Waals surface area contributed by atoms with Crippen LogP contribution >= 0.6 is 0 Å². The fraction of sp³-hybridized carbons (Fsp3) is 0.639. The lowest BCUT2D eigenvalue weighted by Gasteiger charge is -2.15. The molecule has 1 rings (SSSR count). The summed E-state index contributed by atoms with van der Waals surface area (Å²) in [5.74, 6) is -17.7. The lowest BCUT2D eigenvalue weighted by atomic mass is 10.1. The first-order chi connectivity index (χ1) is 27.0. The third kappa shape index (κ3) is 20.8. The highest BCUT2D eigenvalue weighted by Gasteiger charge is 2.28. The van der Waals surface area contributed by atoms with Gasteiger partial charge in [-0.1, -0.05) is 12.8 Å². The zero-order valence-corrected chi connectivity index (χ0v) is 31.9. The van der Waals surface area contributed by atoms with Gasteiger partial charge in [0.2, 0.25) is 64.4 Å². The molecule has 0 atom stereocenters. The number of nitrogens with zero attached hydrogens (tertiary/aromatic N) is 3. The van der Waals surface area contributed by atoms with Crippen molar-refractivity contribution < 1.29 is 75.9 Å². The monoisotopic (exact) mass is 825 g/mol. The van der Waals surface area contributed by atoms with Gasteiger partial charge in [0.1, 0.15) is 5.78 Å². The van der Waals surface area contributed by atoms with E-state index >= 15 is 0 Å². The van der Waals surface area contributed by atoms with Crippen LogP contribution in [0.1, 0.15) is 116 Å². The van der Waals surface area contributed by atoms with E-state index in [2.05, 4.69) is 15.4 Å². The van der Waals surface area contributed by atoms with Crippen LogP contribution in [0.5, 0.6) is 5.75 Å². The highest BCUT2D eigenvalue weighted by Crippen LogP contribution is 2.29. The minimum absolute atomic E-state index is 0.0143. The van der Waals surface area contributed by atoms with E-state index in [4.69, 9.17) is 0 Å². The predicted octanol–water partition coefficient (Wildman–Crippen LogP) is 4.39. The molecule has 0 spiro atoms. The van der Waals surface area contributed by atoms with Gasteiger partial charge in [-0.15, -0.1) is 0 Å². The number of nitrogens with one attached hydrogen (secondary N) is 2. The molecule has 0 fully saturated rings. The Morgan fingerprint density at radius 1 is 0.491 bits per heavy atom. The van der Waals surface area contributed by atoms with E-state index in [1.54, 1.807) is 0 Å². The molecule has 16 nitrogen and oxygen atoms in total. The number of amides is 5. The van der Waals surface area contributed by atoms with E-state index in [0.29, 0.717) is 73.0 Å². The molecule has 0 saturated carbocycles. The summed E-state index contributed by atoms with van der Waals surface area (Å²) < 4.78 is 71.0. The second-order valence-electron chi connectivity index (χ2n) is 13.1. The molecule has 1 aromatic rings. The quantitative estimate of drug-likeness (QED) is 0.0111. The molecule has 0 bridgehead atoms. The number of carbonyl (C=O) groups excluding carboxylic acids is 7. The van der Waals surface area contributed by atoms with Gasteiger partial charge in [-0.25, -0.2) is 28.4 Å². The van der Waals surface area contributed by atoms with E-state index in [1.165, 1.54) is 6.92 Å². The van der Waals surface area contributed by atoms with Crippen molar-refractivity contribution >= 4 is 41.3 Å². The third-order valence-corrected chi connectivity index (χ3v) is 8.38. The smallest absolute Gasteiger partial charge is 0.311 e. The van der Waals surface area contributed by atoms with E-state index in [1.807, 2.05) is 0 Å². The molecule has 0 radical (unpaired) electrons. The number of ketones is 1. The first kappa shape index (κ1) is 50.3. The van der Waals surface area contributed by atoms with Crippen molar-refractivity contribution in [2.75, 3.05) is 32.7 Å². The van der Waals surface area contributed by atoms with E-state index in [0.717, 1.165) is 12.8 Å². The van der Waals surface area contributed by atoms with Crippen LogP contribution in [-0.2, 0) is 33.6 Å². The number of benzene rings is 1. The Hall–Kier alpha value is -4.76. The third-order valence-electron chi connectivity index (χ3n) is 8.38. The second kappa shape index (κ2) is 27.8. The molecule has 0 heterocycles. The first-order valence-corrected chi connectivity index (χ1v) is 18.7. The average Bonchev–Trinajstić information content (AvgIpc) is 3.18. The summed E-state index contributed by atoms with van der Waals surface area (Å²) >= 11 is 0. The Labute approximate surface area is 326 Å². The molecule has 322 valence electrons. The summed E-state index contributed by atoms with van der Waals surface area (Å²) in [5.41, 5.74) is 0. The predicted molar refractivity (Wildman–Crippen MR) is 188 cm³/mol. The van der Waals surface area contributed by atoms with Crippen molar-refractivity contribution in [3.8, 4) is 5.75 Å². The van der Waals surface area contributed by atoms with Gasteiger partial charge in [0.25, 0.3) is 0 Å². The Morgan fingerprint density at radius 2 is 0.895 bits per heavy atom. The van der Waals surface area contributed by atoms with Crippen molar-refractivity contribution in [2.45, 2.75) is 116 Å². The fourth-order valence-electron chi connectivity index (χ4n) is 5.01. The standard InChI is InChI=1S/C36H52F5N5O11/c1-24(47)44(54)21-9-3-2-6-12-25(48)13-16-28(51)45(55)22-10-4-7-19-42-26(49)14-17-29(52)46(56)23-11-5-8-20-43-27(50)15-18-30(53)57-36-34(40)32(38)31(37)33(39)35(36)41/h54-56H,2-23H2,1H3,(H,42,49)(H,43,50). The van der Waals surface area contributed by atoms with E-state index < -0.39 is 83.2 Å². The van der Waals surface area contributed by atoms with Gasteiger partial charge in [-0.2, -0.15) is 8.78 Å². The summed E-state index contributed by atoms with van der Waals surface area (Å²) in [5, 5.41) is 36.0. The first-order valence-electron chi connectivity index (χ1n) is 18.7. The van der Waals surface area contributed by atoms with Gasteiger partial charge in [0, 0.05) is 78.2 Å². The van der Waals surface area contributed by atoms with Crippen LogP contribution < -0.4 is 15.4 Å². The lowest BCUT2D eigenvalue weighted by molar-refractivity contribution is -0.166. The molecule has 0 aliphatic carbocycles. The van der Waals surface area contributed by atoms with Crippen LogP contribution in [0, 0.1) is 29.1 Å². The van der Waals surface area contributed by atoms with E-state index in [-0.39, 0.29) is 64.2 Å². The summed E-state index contributed by atoms with van der Waals surface area (Å²) in [7, 11) is 0. The number of carbonyl (C=O) groups is 7. The van der Waals surface area contributed by atoms with Crippen LogP contribution in [0.25, 0.3) is 0 Å². The van der Waals surface area contributed by atoms with Crippen LogP contribution in [0.4, 0.5) is 22.0 Å². The average molecular weight is 826 g/mol. The van der Waals surface area contributed by atoms with Crippen molar-refractivity contribution in [1.82, 2.24) is 25.8 Å². The Bertz CT molecular complexity index is 1490. The maximum Gasteiger partial charge on any atom is 0.311 e. The molecule has 0 aliphatic rings. The van der Waals surface area contributed by atoms with Crippen LogP contribution in [0.3, 0.4) is 0 Å². The molecule has 0 aliphatic heterocycles. The van der Waals surface area contributed by atoms with Gasteiger partial charge >= 0.3 is 5.97 Å². The maximum atomic E-state index is 13.6. The zero-order chi connectivity index (χ0) is 42.9. The molecule has 1 aromatic carbocycles. The van der Waals surface area contributed by atoms with Crippen molar-refractivity contribution in [3.05, 3.63) is 29.1 Å². The van der Waals surface area contributed by atoms with Gasteiger partial charge in [-0.3, -0.25) is 49.2 Å². The molecule has 21 heteroatoms. The molecular weight excluding hydrogens is 773 g/mol. The Kier molecular flexibility index (Phi) is 24.5. The number of hydrogen-bond acceptors (Lipinski definition) is 11. The topological polar surface area (TPSA) is 223 Å². The van der Waals surface area contributed by atoms with Crippen molar-refractivity contribution in [2.24, 2.45) is 0 Å². The fourth-order valence-corrected chi connectivity index (χ4v) is 5.01. The molecule has 0 unspecified atom stereocenters. The van der Waals surface area contributed by atoms with Crippen LogP contribution in [0.15, 0.2) is 0 Å².